The largest absolute Gasteiger partial charge is 0.355 e. The van der Waals surface area contributed by atoms with E-state index in [1.54, 1.807) is 14.1 Å². The van der Waals surface area contributed by atoms with Crippen LogP contribution in [0.3, 0.4) is 0 Å². The van der Waals surface area contributed by atoms with Crippen molar-refractivity contribution in [2.45, 2.75) is 25.7 Å². The highest BCUT2D eigenvalue weighted by atomic mass is 32.2. The number of hydrogen-bond donors (Lipinski definition) is 2. The van der Waals surface area contributed by atoms with Gasteiger partial charge in [0.1, 0.15) is 11.8 Å². The van der Waals surface area contributed by atoms with Gasteiger partial charge in [-0.3, -0.25) is 4.79 Å². The van der Waals surface area contributed by atoms with Crippen molar-refractivity contribution < 1.29 is 13.2 Å². The van der Waals surface area contributed by atoms with Crippen molar-refractivity contribution >= 4 is 27.6 Å². The summed E-state index contributed by atoms with van der Waals surface area (Å²) in [6.45, 7) is 4.54. The van der Waals surface area contributed by atoms with Crippen molar-refractivity contribution in [3.8, 4) is 6.07 Å². The van der Waals surface area contributed by atoms with Crippen molar-refractivity contribution in [3.63, 3.8) is 0 Å². The zero-order valence-corrected chi connectivity index (χ0v) is 19.8. The number of aromatic amines is 1. The van der Waals surface area contributed by atoms with Crippen molar-refractivity contribution in [1.29, 1.82) is 5.26 Å². The monoisotopic (exact) mass is 472 g/mol. The Hall–Kier alpha value is -3.01. The highest BCUT2D eigenvalue weighted by Gasteiger charge is 2.35. The molecule has 2 aromatic rings. The van der Waals surface area contributed by atoms with E-state index in [9.17, 15) is 13.2 Å². The molecule has 4 rings (SSSR count). The highest BCUT2D eigenvalue weighted by molar-refractivity contribution is 7.86. The number of nitrogens with zero attached hydrogens (tertiary/aromatic N) is 6. The van der Waals surface area contributed by atoms with E-state index in [-0.39, 0.29) is 17.4 Å². The molecule has 11 nitrogen and oxygen atoms in total. The molecule has 2 aromatic heterocycles. The first-order valence-corrected chi connectivity index (χ1v) is 12.3. The number of amides is 1. The molecule has 0 aromatic carbocycles. The second-order valence-corrected chi connectivity index (χ2v) is 10.9. The van der Waals surface area contributed by atoms with E-state index in [1.807, 2.05) is 18.2 Å². The van der Waals surface area contributed by atoms with Crippen LogP contribution in [0, 0.1) is 17.2 Å². The molecule has 176 valence electrons. The number of rotatable bonds is 4. The summed E-state index contributed by atoms with van der Waals surface area (Å²) in [5.74, 6) is 0.786. The predicted octanol–water partition coefficient (Wildman–Crippen LogP) is 1.37. The lowest BCUT2D eigenvalue weighted by Crippen LogP contribution is -2.49. The number of carbonyl (C=O) groups excluding carboxylic acids is 1. The summed E-state index contributed by atoms with van der Waals surface area (Å²) in [7, 11) is -0.299. The fraction of sp³-hybridized carbons (Fsp3) is 0.524. The van der Waals surface area contributed by atoms with Crippen molar-refractivity contribution in [3.05, 3.63) is 35.5 Å². The van der Waals surface area contributed by atoms with Gasteiger partial charge in [-0.15, -0.1) is 0 Å². The molecule has 33 heavy (non-hydrogen) atoms. The van der Waals surface area contributed by atoms with Crippen LogP contribution in [-0.2, 0) is 10.2 Å². The zero-order chi connectivity index (χ0) is 23.8. The van der Waals surface area contributed by atoms with Crippen molar-refractivity contribution in [2.75, 3.05) is 50.5 Å². The molecule has 2 N–H and O–H groups in total. The van der Waals surface area contributed by atoms with Crippen molar-refractivity contribution in [2.24, 2.45) is 5.92 Å². The fourth-order valence-corrected chi connectivity index (χ4v) is 5.43. The van der Waals surface area contributed by atoms with Crippen molar-refractivity contribution in [1.82, 2.24) is 23.6 Å². The minimum absolute atomic E-state index is 0.0505. The minimum atomic E-state index is -3.43. The van der Waals surface area contributed by atoms with Gasteiger partial charge in [0.25, 0.3) is 16.1 Å². The number of nitrogens with one attached hydrogen (secondary N) is 2. The third-order valence-electron chi connectivity index (χ3n) is 6.30. The third kappa shape index (κ3) is 4.71. The van der Waals surface area contributed by atoms with Crippen LogP contribution >= 0.6 is 0 Å². The maximum atomic E-state index is 12.7. The molecule has 0 radical (unpaired) electrons. The van der Waals surface area contributed by atoms with E-state index < -0.39 is 16.1 Å². The van der Waals surface area contributed by atoms with Gasteiger partial charge in [0.05, 0.1) is 11.9 Å². The SMILES string of the molecule is CC1CCN(c2nc(C3CN(C)S(=O)(=O)N(C)C3)ccc2NC(=O)c2ncc(C#N)[nH]2)CC1. The number of piperidine rings is 1. The summed E-state index contributed by atoms with van der Waals surface area (Å²) in [5.41, 5.74) is 1.54. The Kier molecular flexibility index (Phi) is 6.38. The Morgan fingerprint density at radius 3 is 2.48 bits per heavy atom. The molecule has 0 spiro atoms. The lowest BCUT2D eigenvalue weighted by atomic mass is 9.99. The summed E-state index contributed by atoms with van der Waals surface area (Å²) in [4.78, 5) is 26.5. The van der Waals surface area contributed by atoms with E-state index in [0.717, 1.165) is 31.6 Å². The van der Waals surface area contributed by atoms with Gasteiger partial charge in [0, 0.05) is 51.9 Å². The molecule has 2 saturated heterocycles. The summed E-state index contributed by atoms with van der Waals surface area (Å²) < 4.78 is 27.3. The van der Waals surface area contributed by atoms with Gasteiger partial charge in [0.15, 0.2) is 11.6 Å². The van der Waals surface area contributed by atoms with E-state index in [2.05, 4.69) is 27.1 Å². The Balaban J connectivity index is 1.64. The number of aromatic nitrogens is 3. The van der Waals surface area contributed by atoms with Crippen LogP contribution < -0.4 is 10.2 Å². The molecule has 0 unspecified atom stereocenters. The van der Waals surface area contributed by atoms with Crippen LogP contribution in [-0.4, -0.2) is 78.2 Å². The van der Waals surface area contributed by atoms with Gasteiger partial charge in [0.2, 0.25) is 0 Å². The van der Waals surface area contributed by atoms with Gasteiger partial charge in [-0.25, -0.2) is 9.97 Å². The predicted molar refractivity (Wildman–Crippen MR) is 123 cm³/mol. The average molecular weight is 473 g/mol. The van der Waals surface area contributed by atoms with E-state index >= 15 is 0 Å². The minimum Gasteiger partial charge on any atom is -0.355 e. The average Bonchev–Trinajstić information content (AvgIpc) is 3.28. The molecule has 0 atom stereocenters. The number of anilines is 2. The molecule has 4 heterocycles. The Morgan fingerprint density at radius 1 is 1.21 bits per heavy atom. The van der Waals surface area contributed by atoms with Crippen LogP contribution in [0.1, 0.15) is 47.7 Å². The highest BCUT2D eigenvalue weighted by Crippen LogP contribution is 2.32. The van der Waals surface area contributed by atoms with Gasteiger partial charge >= 0.3 is 0 Å². The number of H-pyrrole nitrogens is 1. The smallest absolute Gasteiger partial charge is 0.291 e. The molecule has 0 saturated carbocycles. The van der Waals surface area contributed by atoms with Gasteiger partial charge < -0.3 is 15.2 Å². The van der Waals surface area contributed by atoms with E-state index in [1.165, 1.54) is 14.8 Å². The van der Waals surface area contributed by atoms with Gasteiger partial charge in [-0.05, 0) is 30.9 Å². The maximum Gasteiger partial charge on any atom is 0.291 e. The van der Waals surface area contributed by atoms with Crippen LogP contribution in [0.5, 0.6) is 0 Å². The standard InChI is InChI=1S/C21H28N8O3S/c1-14-6-8-29(9-7-14)20-18(26-21(30)19-23-11-16(10-22)24-19)5-4-17(25-20)15-12-27(2)33(31,32)28(3)13-15/h4-5,11,14-15H,6-9,12-13H2,1-3H3,(H,23,24)(H,26,30). The Bertz CT molecular complexity index is 1160. The molecule has 2 fully saturated rings. The molecule has 2 aliphatic heterocycles. The molecule has 0 aliphatic carbocycles. The number of carbonyl (C=O) groups is 1. The van der Waals surface area contributed by atoms with Crippen LogP contribution in [0.2, 0.25) is 0 Å². The Labute approximate surface area is 193 Å². The van der Waals surface area contributed by atoms with Gasteiger partial charge in [-0.1, -0.05) is 6.92 Å². The topological polar surface area (TPSA) is 138 Å². The molecule has 1 amide bonds. The third-order valence-corrected chi connectivity index (χ3v) is 8.17. The van der Waals surface area contributed by atoms with Crippen LogP contribution in [0.15, 0.2) is 18.3 Å². The number of hydrogen-bond acceptors (Lipinski definition) is 7. The lowest BCUT2D eigenvalue weighted by Gasteiger charge is -2.36. The van der Waals surface area contributed by atoms with E-state index in [0.29, 0.717) is 30.5 Å². The first-order valence-electron chi connectivity index (χ1n) is 10.9. The van der Waals surface area contributed by atoms with Crippen LogP contribution in [0.4, 0.5) is 11.5 Å². The fourth-order valence-electron chi connectivity index (χ4n) is 4.22. The summed E-state index contributed by atoms with van der Waals surface area (Å²) >= 11 is 0. The first kappa shape index (κ1) is 23.2. The number of likely N-dealkylation sites (N-methyl/N-ethyl adjacent to an activating group) is 2. The molecule has 2 aliphatic rings. The summed E-state index contributed by atoms with van der Waals surface area (Å²) in [6.07, 6.45) is 3.36. The van der Waals surface area contributed by atoms with E-state index in [4.69, 9.17) is 10.2 Å². The summed E-state index contributed by atoms with van der Waals surface area (Å²) in [6, 6.07) is 5.56. The molecular formula is C21H28N8O3S. The molecule has 0 bridgehead atoms. The molecular weight excluding hydrogens is 444 g/mol. The Morgan fingerprint density at radius 2 is 1.88 bits per heavy atom. The number of nitriles is 1. The second kappa shape index (κ2) is 9.09. The summed E-state index contributed by atoms with van der Waals surface area (Å²) in [5, 5.41) is 11.8. The zero-order valence-electron chi connectivity index (χ0n) is 18.9. The quantitative estimate of drug-likeness (QED) is 0.685. The number of imidazole rings is 1. The van der Waals surface area contributed by atoms with Gasteiger partial charge in [-0.2, -0.15) is 22.3 Å². The maximum absolute atomic E-state index is 12.7. The molecule has 12 heteroatoms. The number of pyridine rings is 1. The lowest BCUT2D eigenvalue weighted by molar-refractivity contribution is 0.101. The second-order valence-electron chi connectivity index (χ2n) is 8.75. The normalized spacial score (nSPS) is 20.5. The first-order chi connectivity index (χ1) is 15.7. The van der Waals surface area contributed by atoms with Crippen LogP contribution in [0.25, 0.3) is 0 Å².